The lowest BCUT2D eigenvalue weighted by molar-refractivity contribution is -0.123. The Morgan fingerprint density at radius 3 is 2.04 bits per heavy atom. The predicted octanol–water partition coefficient (Wildman–Crippen LogP) is 3.20. The number of hydrogen-bond donors (Lipinski definition) is 1. The number of benzene rings is 2. The summed E-state index contributed by atoms with van der Waals surface area (Å²) in [4.78, 5) is 24.7. The molecule has 1 unspecified atom stereocenters. The highest BCUT2D eigenvalue weighted by molar-refractivity contribution is 5.99. The number of hydrogen-bond acceptors (Lipinski definition) is 5. The molecule has 6 nitrogen and oxygen atoms in total. The summed E-state index contributed by atoms with van der Waals surface area (Å²) in [5.74, 6) is -0.488. The van der Waals surface area contributed by atoms with E-state index in [9.17, 15) is 9.59 Å². The number of nitrogens with one attached hydrogen (secondary N) is 1. The molecular formula is C19H21NO5. The van der Waals surface area contributed by atoms with E-state index in [0.717, 1.165) is 5.56 Å². The van der Waals surface area contributed by atoms with E-state index in [-0.39, 0.29) is 5.56 Å². The standard InChI is InChI=1S/C19H21NO5/c1-12-8-10-14(11-9-12)20-18(21)13(2)25-19(22)17-15(23-3)6-5-7-16(17)24-4/h5-11,13H,1-4H3,(H,20,21). The second-order valence-electron chi connectivity index (χ2n) is 5.44. The van der Waals surface area contributed by atoms with Crippen LogP contribution in [0.1, 0.15) is 22.8 Å². The summed E-state index contributed by atoms with van der Waals surface area (Å²) >= 11 is 0. The highest BCUT2D eigenvalue weighted by Gasteiger charge is 2.24. The summed E-state index contributed by atoms with van der Waals surface area (Å²) in [6, 6.07) is 12.3. The van der Waals surface area contributed by atoms with Crippen molar-refractivity contribution in [3.05, 3.63) is 53.6 Å². The maximum absolute atomic E-state index is 12.5. The van der Waals surface area contributed by atoms with Gasteiger partial charge in [0.2, 0.25) is 0 Å². The number of ether oxygens (including phenoxy) is 3. The summed E-state index contributed by atoms with van der Waals surface area (Å²) in [5, 5.41) is 2.70. The van der Waals surface area contributed by atoms with Crippen molar-refractivity contribution < 1.29 is 23.8 Å². The average molecular weight is 343 g/mol. The largest absolute Gasteiger partial charge is 0.496 e. The van der Waals surface area contributed by atoms with Crippen molar-refractivity contribution in [1.82, 2.24) is 0 Å². The number of methoxy groups -OCH3 is 2. The van der Waals surface area contributed by atoms with E-state index in [4.69, 9.17) is 14.2 Å². The van der Waals surface area contributed by atoms with Gasteiger partial charge in [0, 0.05) is 5.69 Å². The molecule has 2 aromatic rings. The second-order valence-corrected chi connectivity index (χ2v) is 5.44. The molecular weight excluding hydrogens is 322 g/mol. The molecule has 0 heterocycles. The smallest absolute Gasteiger partial charge is 0.346 e. The predicted molar refractivity (Wildman–Crippen MR) is 94.2 cm³/mol. The first-order chi connectivity index (χ1) is 12.0. The summed E-state index contributed by atoms with van der Waals surface area (Å²) in [6.07, 6.45) is -0.983. The van der Waals surface area contributed by atoms with Crippen LogP contribution in [0, 0.1) is 6.92 Å². The lowest BCUT2D eigenvalue weighted by Crippen LogP contribution is -2.30. The molecule has 0 saturated carbocycles. The molecule has 1 N–H and O–H groups in total. The van der Waals surface area contributed by atoms with Crippen LogP contribution >= 0.6 is 0 Å². The molecule has 0 bridgehead atoms. The van der Waals surface area contributed by atoms with E-state index in [0.29, 0.717) is 17.2 Å². The van der Waals surface area contributed by atoms with E-state index in [1.807, 2.05) is 19.1 Å². The molecule has 6 heteroatoms. The number of carbonyl (C=O) groups is 2. The van der Waals surface area contributed by atoms with Gasteiger partial charge in [-0.15, -0.1) is 0 Å². The molecule has 0 aromatic heterocycles. The Labute approximate surface area is 146 Å². The number of carbonyl (C=O) groups excluding carboxylic acids is 2. The Morgan fingerprint density at radius 1 is 0.960 bits per heavy atom. The van der Waals surface area contributed by atoms with Crippen LogP contribution in [-0.4, -0.2) is 32.2 Å². The highest BCUT2D eigenvalue weighted by Crippen LogP contribution is 2.29. The summed E-state index contributed by atoms with van der Waals surface area (Å²) < 4.78 is 15.6. The maximum atomic E-state index is 12.5. The van der Waals surface area contributed by atoms with E-state index in [1.165, 1.54) is 21.1 Å². The van der Waals surface area contributed by atoms with Crippen LogP contribution in [0.3, 0.4) is 0 Å². The van der Waals surface area contributed by atoms with Gasteiger partial charge in [0.25, 0.3) is 5.91 Å². The molecule has 0 spiro atoms. The molecule has 2 aromatic carbocycles. The maximum Gasteiger partial charge on any atom is 0.346 e. The second kappa shape index (κ2) is 8.19. The zero-order chi connectivity index (χ0) is 18.4. The van der Waals surface area contributed by atoms with E-state index < -0.39 is 18.0 Å². The highest BCUT2D eigenvalue weighted by atomic mass is 16.6. The third-order valence-electron chi connectivity index (χ3n) is 3.60. The van der Waals surface area contributed by atoms with Crippen LogP contribution in [0.4, 0.5) is 5.69 Å². The summed E-state index contributed by atoms with van der Waals surface area (Å²) in [7, 11) is 2.89. The molecule has 0 aliphatic rings. The van der Waals surface area contributed by atoms with Gasteiger partial charge < -0.3 is 19.5 Å². The van der Waals surface area contributed by atoms with Gasteiger partial charge in [-0.3, -0.25) is 4.79 Å². The van der Waals surface area contributed by atoms with E-state index in [2.05, 4.69) is 5.32 Å². The molecule has 0 fully saturated rings. The molecule has 0 aliphatic carbocycles. The lowest BCUT2D eigenvalue weighted by Gasteiger charge is -2.16. The van der Waals surface area contributed by atoms with Crippen molar-refractivity contribution in [2.24, 2.45) is 0 Å². The topological polar surface area (TPSA) is 73.9 Å². The first kappa shape index (κ1) is 18.3. The first-order valence-corrected chi connectivity index (χ1v) is 7.75. The zero-order valence-corrected chi connectivity index (χ0v) is 14.7. The number of esters is 1. The molecule has 2 rings (SSSR count). The molecule has 0 radical (unpaired) electrons. The molecule has 0 saturated heterocycles. The summed E-state index contributed by atoms with van der Waals surface area (Å²) in [5.41, 5.74) is 1.86. The van der Waals surface area contributed by atoms with Gasteiger partial charge in [0.1, 0.15) is 17.1 Å². The van der Waals surface area contributed by atoms with Gasteiger partial charge in [-0.1, -0.05) is 23.8 Å². The normalized spacial score (nSPS) is 11.4. The number of amides is 1. The van der Waals surface area contributed by atoms with Crippen LogP contribution in [0.2, 0.25) is 0 Å². The van der Waals surface area contributed by atoms with Gasteiger partial charge in [-0.25, -0.2) is 4.79 Å². The van der Waals surface area contributed by atoms with Crippen molar-refractivity contribution >= 4 is 17.6 Å². The number of aryl methyl sites for hydroxylation is 1. The minimum Gasteiger partial charge on any atom is -0.496 e. The van der Waals surface area contributed by atoms with Gasteiger partial charge in [0.15, 0.2) is 6.10 Å². The van der Waals surface area contributed by atoms with Gasteiger partial charge >= 0.3 is 5.97 Å². The Morgan fingerprint density at radius 2 is 1.52 bits per heavy atom. The van der Waals surface area contributed by atoms with Gasteiger partial charge in [0.05, 0.1) is 14.2 Å². The molecule has 1 atom stereocenters. The van der Waals surface area contributed by atoms with Crippen molar-refractivity contribution in [2.45, 2.75) is 20.0 Å². The first-order valence-electron chi connectivity index (χ1n) is 7.75. The van der Waals surface area contributed by atoms with Crippen molar-refractivity contribution in [3.63, 3.8) is 0 Å². The Balaban J connectivity index is 2.09. The number of anilines is 1. The monoisotopic (exact) mass is 343 g/mol. The molecule has 132 valence electrons. The van der Waals surface area contributed by atoms with Gasteiger partial charge in [-0.2, -0.15) is 0 Å². The Bertz CT molecular complexity index is 733. The third-order valence-corrected chi connectivity index (χ3v) is 3.60. The van der Waals surface area contributed by atoms with Crippen molar-refractivity contribution in [2.75, 3.05) is 19.5 Å². The minimum atomic E-state index is -0.983. The minimum absolute atomic E-state index is 0.141. The lowest BCUT2D eigenvalue weighted by atomic mass is 10.1. The fraction of sp³-hybridized carbons (Fsp3) is 0.263. The van der Waals surface area contributed by atoms with Gasteiger partial charge in [-0.05, 0) is 38.1 Å². The Kier molecular flexibility index (Phi) is 6.00. The van der Waals surface area contributed by atoms with E-state index >= 15 is 0 Å². The fourth-order valence-corrected chi connectivity index (χ4v) is 2.21. The van der Waals surface area contributed by atoms with Crippen LogP contribution in [0.15, 0.2) is 42.5 Å². The van der Waals surface area contributed by atoms with Crippen molar-refractivity contribution in [1.29, 1.82) is 0 Å². The zero-order valence-electron chi connectivity index (χ0n) is 14.7. The quantitative estimate of drug-likeness (QED) is 0.816. The van der Waals surface area contributed by atoms with Crippen molar-refractivity contribution in [3.8, 4) is 11.5 Å². The summed E-state index contributed by atoms with van der Waals surface area (Å²) in [6.45, 7) is 3.46. The molecule has 1 amide bonds. The van der Waals surface area contributed by atoms with E-state index in [1.54, 1.807) is 30.3 Å². The van der Waals surface area contributed by atoms with Crippen LogP contribution in [-0.2, 0) is 9.53 Å². The molecule has 25 heavy (non-hydrogen) atoms. The average Bonchev–Trinajstić information content (AvgIpc) is 2.62. The van der Waals surface area contributed by atoms with Crippen LogP contribution in [0.5, 0.6) is 11.5 Å². The number of rotatable bonds is 6. The molecule has 0 aliphatic heterocycles. The van der Waals surface area contributed by atoms with Crippen LogP contribution in [0.25, 0.3) is 0 Å². The third kappa shape index (κ3) is 4.50. The Hall–Kier alpha value is -3.02. The fourth-order valence-electron chi connectivity index (χ4n) is 2.21. The van der Waals surface area contributed by atoms with Crippen LogP contribution < -0.4 is 14.8 Å². The SMILES string of the molecule is COc1cccc(OC)c1C(=O)OC(C)C(=O)Nc1ccc(C)cc1.